The number of nitrogens with zero attached hydrogens (tertiary/aromatic N) is 2. The second kappa shape index (κ2) is 11.1. The Morgan fingerprint density at radius 1 is 1.03 bits per heavy atom. The van der Waals surface area contributed by atoms with Crippen LogP contribution >= 0.6 is 0 Å². The molecule has 0 aliphatic carbocycles. The zero-order chi connectivity index (χ0) is 24.0. The van der Waals surface area contributed by atoms with Crippen LogP contribution in [0.2, 0.25) is 0 Å². The molecule has 1 aliphatic rings. The minimum Gasteiger partial charge on any atom is -0.341 e. The Balaban J connectivity index is 1.73. The summed E-state index contributed by atoms with van der Waals surface area (Å²) >= 11 is 0. The Kier molecular flexibility index (Phi) is 8.20. The molecule has 0 spiro atoms. The Hall–Kier alpha value is -3.22. The molecule has 1 fully saturated rings. The summed E-state index contributed by atoms with van der Waals surface area (Å²) in [6, 6.07) is 12.5. The fourth-order valence-corrected chi connectivity index (χ4v) is 4.28. The predicted molar refractivity (Wildman–Crippen MR) is 125 cm³/mol. The molecule has 176 valence electrons. The van der Waals surface area contributed by atoms with Gasteiger partial charge in [0.15, 0.2) is 0 Å². The molecule has 0 radical (unpaired) electrons. The molecule has 6 nitrogen and oxygen atoms in total. The van der Waals surface area contributed by atoms with Crippen LogP contribution in [0.5, 0.6) is 0 Å². The number of likely N-dealkylation sites (N-methyl/N-ethyl adjacent to an activating group) is 1. The third-order valence-electron chi connectivity index (χ3n) is 6.34. The normalized spacial score (nSPS) is 15.1. The van der Waals surface area contributed by atoms with Gasteiger partial charge < -0.3 is 15.1 Å². The van der Waals surface area contributed by atoms with Crippen LogP contribution in [-0.4, -0.2) is 59.7 Å². The van der Waals surface area contributed by atoms with E-state index in [1.54, 1.807) is 34.1 Å². The summed E-state index contributed by atoms with van der Waals surface area (Å²) in [5, 5.41) is 2.96. The number of hydrogen-bond donors (Lipinski definition) is 1. The first-order valence-electron chi connectivity index (χ1n) is 11.6. The van der Waals surface area contributed by atoms with Gasteiger partial charge in [-0.2, -0.15) is 0 Å². The van der Waals surface area contributed by atoms with Crippen LogP contribution in [0.1, 0.15) is 53.0 Å². The van der Waals surface area contributed by atoms with Crippen molar-refractivity contribution in [1.82, 2.24) is 15.1 Å². The molecular formula is C26H32FN3O3. The van der Waals surface area contributed by atoms with Crippen molar-refractivity contribution in [3.63, 3.8) is 0 Å². The predicted octanol–water partition coefficient (Wildman–Crippen LogP) is 3.65. The first-order chi connectivity index (χ1) is 15.8. The Morgan fingerprint density at radius 3 is 2.21 bits per heavy atom. The molecule has 0 aromatic heterocycles. The number of amides is 3. The summed E-state index contributed by atoms with van der Waals surface area (Å²) in [6.07, 6.45) is 1.10. The number of benzene rings is 2. The minimum atomic E-state index is -0.676. The maximum Gasteiger partial charge on any atom is 0.256 e. The molecule has 1 heterocycles. The van der Waals surface area contributed by atoms with Crippen LogP contribution in [-0.2, 0) is 4.79 Å². The van der Waals surface area contributed by atoms with Crippen LogP contribution in [0.4, 0.5) is 4.39 Å². The highest BCUT2D eigenvalue weighted by Gasteiger charge is 2.36. The molecule has 33 heavy (non-hydrogen) atoms. The number of nitrogens with one attached hydrogen (secondary N) is 1. The third kappa shape index (κ3) is 5.78. The van der Waals surface area contributed by atoms with Crippen LogP contribution in [0.3, 0.4) is 0 Å². The maximum absolute atomic E-state index is 14.1. The van der Waals surface area contributed by atoms with E-state index in [-0.39, 0.29) is 29.2 Å². The van der Waals surface area contributed by atoms with Gasteiger partial charge in [0.25, 0.3) is 11.8 Å². The van der Waals surface area contributed by atoms with Gasteiger partial charge in [-0.05, 0) is 63.8 Å². The van der Waals surface area contributed by atoms with Gasteiger partial charge in [0, 0.05) is 31.7 Å². The molecule has 1 atom stereocenters. The molecule has 0 bridgehead atoms. The number of rotatable bonds is 7. The van der Waals surface area contributed by atoms with E-state index < -0.39 is 11.9 Å². The molecular weight excluding hydrogens is 421 g/mol. The number of piperidine rings is 1. The topological polar surface area (TPSA) is 69.7 Å². The SMILES string of the molecule is CCN(CC)C(=O)[C@H](NC(=O)c1ccc(C)cc1)C1CCN(C(=O)c2ccccc2F)CC1. The van der Waals surface area contributed by atoms with Gasteiger partial charge in [0.05, 0.1) is 5.56 Å². The molecule has 2 aromatic rings. The van der Waals surface area contributed by atoms with Crippen LogP contribution in [0.15, 0.2) is 48.5 Å². The molecule has 1 aliphatic heterocycles. The Morgan fingerprint density at radius 2 is 1.64 bits per heavy atom. The van der Waals surface area contributed by atoms with Gasteiger partial charge in [0.2, 0.25) is 5.91 Å². The summed E-state index contributed by atoms with van der Waals surface area (Å²) in [6.45, 7) is 7.69. The van der Waals surface area contributed by atoms with Crippen molar-refractivity contribution in [3.05, 3.63) is 71.0 Å². The quantitative estimate of drug-likeness (QED) is 0.696. The Labute approximate surface area is 194 Å². The van der Waals surface area contributed by atoms with Crippen molar-refractivity contribution >= 4 is 17.7 Å². The maximum atomic E-state index is 14.1. The molecule has 1 N–H and O–H groups in total. The highest BCUT2D eigenvalue weighted by atomic mass is 19.1. The lowest BCUT2D eigenvalue weighted by molar-refractivity contribution is -0.134. The summed E-state index contributed by atoms with van der Waals surface area (Å²) in [4.78, 5) is 42.3. The van der Waals surface area contributed by atoms with Crippen molar-refractivity contribution in [2.24, 2.45) is 5.92 Å². The largest absolute Gasteiger partial charge is 0.341 e. The van der Waals surface area contributed by atoms with Gasteiger partial charge in [-0.1, -0.05) is 29.8 Å². The molecule has 0 unspecified atom stereocenters. The van der Waals surface area contributed by atoms with Gasteiger partial charge in [-0.25, -0.2) is 4.39 Å². The van der Waals surface area contributed by atoms with E-state index in [0.29, 0.717) is 44.6 Å². The second-order valence-corrected chi connectivity index (χ2v) is 8.44. The van der Waals surface area contributed by atoms with Gasteiger partial charge >= 0.3 is 0 Å². The molecule has 1 saturated heterocycles. The lowest BCUT2D eigenvalue weighted by Crippen LogP contribution is -2.54. The smallest absolute Gasteiger partial charge is 0.256 e. The fraction of sp³-hybridized carbons (Fsp3) is 0.423. The van der Waals surface area contributed by atoms with Crippen LogP contribution < -0.4 is 5.32 Å². The number of halogens is 1. The first kappa shape index (κ1) is 24.4. The summed E-state index contributed by atoms with van der Waals surface area (Å²) < 4.78 is 14.1. The van der Waals surface area contributed by atoms with E-state index >= 15 is 0 Å². The van der Waals surface area contributed by atoms with E-state index in [0.717, 1.165) is 5.56 Å². The number of aryl methyl sites for hydroxylation is 1. The number of carbonyl (C=O) groups excluding carboxylic acids is 3. The van der Waals surface area contributed by atoms with Crippen molar-refractivity contribution in [2.45, 2.75) is 39.7 Å². The van der Waals surface area contributed by atoms with E-state index in [2.05, 4.69) is 5.32 Å². The van der Waals surface area contributed by atoms with Crippen LogP contribution in [0.25, 0.3) is 0 Å². The molecule has 3 amide bonds. The third-order valence-corrected chi connectivity index (χ3v) is 6.34. The molecule has 0 saturated carbocycles. The Bertz CT molecular complexity index is 981. The van der Waals surface area contributed by atoms with Crippen LogP contribution in [0, 0.1) is 18.7 Å². The zero-order valence-corrected chi connectivity index (χ0v) is 19.5. The number of carbonyl (C=O) groups is 3. The lowest BCUT2D eigenvalue weighted by Gasteiger charge is -2.37. The number of likely N-dealkylation sites (tertiary alicyclic amines) is 1. The molecule has 3 rings (SSSR count). The highest BCUT2D eigenvalue weighted by Crippen LogP contribution is 2.24. The monoisotopic (exact) mass is 453 g/mol. The van der Waals surface area contributed by atoms with E-state index in [1.165, 1.54) is 12.1 Å². The summed E-state index contributed by atoms with van der Waals surface area (Å²) in [5.74, 6) is -1.40. The van der Waals surface area contributed by atoms with E-state index in [9.17, 15) is 18.8 Å². The standard InChI is InChI=1S/C26H32FN3O3/c1-4-29(5-2)26(33)23(28-24(31)20-12-10-18(3)11-13-20)19-14-16-30(17-15-19)25(32)21-8-6-7-9-22(21)27/h6-13,19,23H,4-5,14-17H2,1-3H3,(H,28,31)/t23-/m1/s1. The first-order valence-corrected chi connectivity index (χ1v) is 11.6. The van der Waals surface area contributed by atoms with Gasteiger partial charge in [-0.3, -0.25) is 14.4 Å². The van der Waals surface area contributed by atoms with Crippen molar-refractivity contribution < 1.29 is 18.8 Å². The van der Waals surface area contributed by atoms with E-state index in [4.69, 9.17) is 0 Å². The average molecular weight is 454 g/mol. The minimum absolute atomic E-state index is 0.0550. The molecule has 7 heteroatoms. The van der Waals surface area contributed by atoms with Gasteiger partial charge in [-0.15, -0.1) is 0 Å². The highest BCUT2D eigenvalue weighted by molar-refractivity contribution is 5.98. The number of hydrogen-bond acceptors (Lipinski definition) is 3. The van der Waals surface area contributed by atoms with Gasteiger partial charge in [0.1, 0.15) is 11.9 Å². The summed E-state index contributed by atoms with van der Waals surface area (Å²) in [7, 11) is 0. The van der Waals surface area contributed by atoms with Crippen molar-refractivity contribution in [2.75, 3.05) is 26.2 Å². The van der Waals surface area contributed by atoms with Crippen molar-refractivity contribution in [3.8, 4) is 0 Å². The second-order valence-electron chi connectivity index (χ2n) is 8.44. The van der Waals surface area contributed by atoms with E-state index in [1.807, 2.05) is 32.9 Å². The van der Waals surface area contributed by atoms with Crippen molar-refractivity contribution in [1.29, 1.82) is 0 Å². The average Bonchev–Trinajstić information content (AvgIpc) is 2.83. The molecule has 2 aromatic carbocycles. The fourth-order valence-electron chi connectivity index (χ4n) is 4.28. The zero-order valence-electron chi connectivity index (χ0n) is 19.5. The summed E-state index contributed by atoms with van der Waals surface area (Å²) in [5.41, 5.74) is 1.61. The lowest BCUT2D eigenvalue weighted by atomic mass is 9.87.